The molecule has 0 radical (unpaired) electrons. The normalized spacial score (nSPS) is 14.9. The molecule has 5 nitrogen and oxygen atoms in total. The van der Waals surface area contributed by atoms with Crippen molar-refractivity contribution in [2.45, 2.75) is 26.2 Å². The molecule has 0 saturated carbocycles. The van der Waals surface area contributed by atoms with E-state index in [1.54, 1.807) is 0 Å². The Hall–Kier alpha value is -1.10. The molecule has 14 heavy (non-hydrogen) atoms. The van der Waals surface area contributed by atoms with Gasteiger partial charge in [-0.1, -0.05) is 13.3 Å². The third kappa shape index (κ3) is 6.42. The molecule has 1 aliphatic rings. The van der Waals surface area contributed by atoms with E-state index in [4.69, 9.17) is 5.11 Å². The van der Waals surface area contributed by atoms with Crippen molar-refractivity contribution in [3.8, 4) is 0 Å². The van der Waals surface area contributed by atoms with Gasteiger partial charge in [0, 0.05) is 0 Å². The molecule has 0 spiro atoms. The van der Waals surface area contributed by atoms with Crippen LogP contribution in [0.15, 0.2) is 0 Å². The minimum atomic E-state index is -1.60. The van der Waals surface area contributed by atoms with Crippen LogP contribution in [0.2, 0.25) is 0 Å². The average molecular weight is 202 g/mol. The second-order valence-electron chi connectivity index (χ2n) is 3.22. The second kappa shape index (κ2) is 7.32. The summed E-state index contributed by atoms with van der Waals surface area (Å²) in [7, 11) is 0. The summed E-state index contributed by atoms with van der Waals surface area (Å²) >= 11 is 0. The van der Waals surface area contributed by atoms with Gasteiger partial charge < -0.3 is 15.7 Å². The quantitative estimate of drug-likeness (QED) is 0.633. The van der Waals surface area contributed by atoms with E-state index in [9.17, 15) is 9.59 Å². The predicted molar refractivity (Wildman–Crippen MR) is 52.8 cm³/mol. The lowest BCUT2D eigenvalue weighted by molar-refractivity contribution is -0.148. The SMILES string of the molecule is CCCCN1CCC1.NC(=O)C(=O)O. The van der Waals surface area contributed by atoms with Gasteiger partial charge in [0.25, 0.3) is 0 Å². The van der Waals surface area contributed by atoms with Gasteiger partial charge in [0.15, 0.2) is 0 Å². The van der Waals surface area contributed by atoms with E-state index in [0.29, 0.717) is 0 Å². The number of carboxylic acid groups (broad SMARTS) is 1. The lowest BCUT2D eigenvalue weighted by atomic mass is 10.2. The van der Waals surface area contributed by atoms with Crippen LogP contribution in [0, 0.1) is 0 Å². The smallest absolute Gasteiger partial charge is 0.394 e. The number of rotatable bonds is 3. The molecular weight excluding hydrogens is 184 g/mol. The Morgan fingerprint density at radius 1 is 1.43 bits per heavy atom. The van der Waals surface area contributed by atoms with Crippen molar-refractivity contribution < 1.29 is 14.7 Å². The van der Waals surface area contributed by atoms with Crippen LogP contribution in [-0.4, -0.2) is 41.5 Å². The summed E-state index contributed by atoms with van der Waals surface area (Å²) in [6, 6.07) is 0. The number of hydrogen-bond donors (Lipinski definition) is 2. The van der Waals surface area contributed by atoms with Gasteiger partial charge in [-0.3, -0.25) is 4.79 Å². The number of nitrogens with two attached hydrogens (primary N) is 1. The van der Waals surface area contributed by atoms with E-state index in [1.165, 1.54) is 38.9 Å². The number of aliphatic carboxylic acids is 1. The van der Waals surface area contributed by atoms with E-state index >= 15 is 0 Å². The van der Waals surface area contributed by atoms with Crippen LogP contribution in [0.1, 0.15) is 26.2 Å². The van der Waals surface area contributed by atoms with Gasteiger partial charge >= 0.3 is 11.9 Å². The average Bonchev–Trinajstić information content (AvgIpc) is 2.03. The van der Waals surface area contributed by atoms with E-state index < -0.39 is 11.9 Å². The molecule has 1 fully saturated rings. The first kappa shape index (κ1) is 12.9. The molecular formula is C9H18N2O3. The molecule has 1 aliphatic heterocycles. The Kier molecular flexibility index (Phi) is 6.74. The van der Waals surface area contributed by atoms with Crippen LogP contribution in [0.5, 0.6) is 0 Å². The van der Waals surface area contributed by atoms with Crippen LogP contribution < -0.4 is 5.73 Å². The highest BCUT2D eigenvalue weighted by atomic mass is 16.4. The first-order valence-electron chi connectivity index (χ1n) is 4.83. The molecule has 5 heteroatoms. The lowest BCUT2D eigenvalue weighted by Crippen LogP contribution is -2.37. The van der Waals surface area contributed by atoms with Crippen molar-refractivity contribution in [3.05, 3.63) is 0 Å². The number of amides is 1. The van der Waals surface area contributed by atoms with Gasteiger partial charge in [-0.2, -0.15) is 0 Å². The maximum atomic E-state index is 9.32. The molecule has 0 aromatic heterocycles. The molecule has 0 unspecified atom stereocenters. The van der Waals surface area contributed by atoms with Gasteiger partial charge in [0.1, 0.15) is 0 Å². The van der Waals surface area contributed by atoms with Crippen molar-refractivity contribution >= 4 is 11.9 Å². The number of hydrogen-bond acceptors (Lipinski definition) is 3. The fourth-order valence-electron chi connectivity index (χ4n) is 0.987. The zero-order valence-corrected chi connectivity index (χ0v) is 8.53. The zero-order chi connectivity index (χ0) is 11.0. The monoisotopic (exact) mass is 202 g/mol. The van der Waals surface area contributed by atoms with Crippen LogP contribution >= 0.6 is 0 Å². The minimum absolute atomic E-state index is 1.32. The maximum absolute atomic E-state index is 9.32. The molecule has 1 amide bonds. The molecule has 1 saturated heterocycles. The van der Waals surface area contributed by atoms with Crippen molar-refractivity contribution in [2.75, 3.05) is 19.6 Å². The molecule has 0 aromatic carbocycles. The van der Waals surface area contributed by atoms with Crippen LogP contribution in [0.25, 0.3) is 0 Å². The van der Waals surface area contributed by atoms with Crippen molar-refractivity contribution in [2.24, 2.45) is 5.73 Å². The molecule has 3 N–H and O–H groups in total. The predicted octanol–water partition coefficient (Wildman–Crippen LogP) is 0.0485. The van der Waals surface area contributed by atoms with E-state index in [2.05, 4.69) is 17.6 Å². The van der Waals surface area contributed by atoms with Crippen molar-refractivity contribution in [3.63, 3.8) is 0 Å². The highest BCUT2D eigenvalue weighted by Gasteiger charge is 2.11. The van der Waals surface area contributed by atoms with Crippen LogP contribution in [0.3, 0.4) is 0 Å². The van der Waals surface area contributed by atoms with Crippen molar-refractivity contribution in [1.29, 1.82) is 0 Å². The number of unbranched alkanes of at least 4 members (excludes halogenated alkanes) is 1. The number of nitrogens with zero attached hydrogens (tertiary/aromatic N) is 1. The first-order valence-corrected chi connectivity index (χ1v) is 4.83. The molecule has 0 bridgehead atoms. The summed E-state index contributed by atoms with van der Waals surface area (Å²) in [6.07, 6.45) is 4.17. The van der Waals surface area contributed by atoms with Crippen LogP contribution in [-0.2, 0) is 9.59 Å². The fourth-order valence-corrected chi connectivity index (χ4v) is 0.987. The number of likely N-dealkylation sites (tertiary alicyclic amines) is 1. The Morgan fingerprint density at radius 3 is 2.14 bits per heavy atom. The maximum Gasteiger partial charge on any atom is 0.394 e. The summed E-state index contributed by atoms with van der Waals surface area (Å²) in [5, 5.41) is 7.52. The minimum Gasteiger partial charge on any atom is -0.474 e. The molecule has 0 aliphatic carbocycles. The topological polar surface area (TPSA) is 83.6 Å². The van der Waals surface area contributed by atoms with E-state index in [1.807, 2.05) is 0 Å². The second-order valence-corrected chi connectivity index (χ2v) is 3.22. The molecule has 1 rings (SSSR count). The Balaban J connectivity index is 0.000000255. The summed E-state index contributed by atoms with van der Waals surface area (Å²) in [5.41, 5.74) is 4.20. The number of carboxylic acids is 1. The summed E-state index contributed by atoms with van der Waals surface area (Å²) in [6.45, 7) is 6.32. The molecule has 82 valence electrons. The summed E-state index contributed by atoms with van der Waals surface area (Å²) in [4.78, 5) is 21.1. The van der Waals surface area contributed by atoms with Crippen molar-refractivity contribution in [1.82, 2.24) is 4.90 Å². The standard InChI is InChI=1S/C7H15N.C2H3NO3/c1-2-3-5-8-6-4-7-8;3-1(4)2(5)6/h2-7H2,1H3;(H2,3,4)(H,5,6). The van der Waals surface area contributed by atoms with Gasteiger partial charge in [-0.15, -0.1) is 0 Å². The third-order valence-electron chi connectivity index (χ3n) is 1.99. The highest BCUT2D eigenvalue weighted by molar-refractivity contribution is 6.30. The lowest BCUT2D eigenvalue weighted by Gasteiger charge is -2.30. The number of carbonyl (C=O) groups is 2. The third-order valence-corrected chi connectivity index (χ3v) is 1.99. The first-order chi connectivity index (χ1) is 6.57. The molecule has 0 atom stereocenters. The molecule has 1 heterocycles. The van der Waals surface area contributed by atoms with Gasteiger partial charge in [-0.25, -0.2) is 4.79 Å². The summed E-state index contributed by atoms with van der Waals surface area (Å²) in [5.74, 6) is -2.93. The fraction of sp³-hybridized carbons (Fsp3) is 0.778. The van der Waals surface area contributed by atoms with Gasteiger partial charge in [0.2, 0.25) is 0 Å². The Morgan fingerprint density at radius 2 is 1.93 bits per heavy atom. The number of carbonyl (C=O) groups excluding carboxylic acids is 1. The Labute approximate surface area is 83.9 Å². The molecule has 0 aromatic rings. The van der Waals surface area contributed by atoms with Gasteiger partial charge in [-0.05, 0) is 32.5 Å². The number of primary amides is 1. The Bertz CT molecular complexity index is 178. The summed E-state index contributed by atoms with van der Waals surface area (Å²) < 4.78 is 0. The zero-order valence-electron chi connectivity index (χ0n) is 8.53. The van der Waals surface area contributed by atoms with Gasteiger partial charge in [0.05, 0.1) is 0 Å². The highest BCUT2D eigenvalue weighted by Crippen LogP contribution is 2.05. The van der Waals surface area contributed by atoms with E-state index in [0.717, 1.165) is 0 Å². The van der Waals surface area contributed by atoms with Crippen LogP contribution in [0.4, 0.5) is 0 Å². The largest absolute Gasteiger partial charge is 0.474 e. The van der Waals surface area contributed by atoms with E-state index in [-0.39, 0.29) is 0 Å².